The second-order valence-electron chi connectivity index (χ2n) is 4.36. The van der Waals surface area contributed by atoms with E-state index in [1.54, 1.807) is 23.9 Å². The smallest absolute Gasteiger partial charge is 0.123 e. The molecule has 0 aromatic heterocycles. The topological polar surface area (TPSA) is 26.0 Å². The van der Waals surface area contributed by atoms with E-state index < -0.39 is 0 Å². The van der Waals surface area contributed by atoms with Gasteiger partial charge in [-0.05, 0) is 48.4 Å². The van der Waals surface area contributed by atoms with Crippen LogP contribution in [0.4, 0.5) is 4.39 Å². The molecule has 19 heavy (non-hydrogen) atoms. The molecule has 2 rings (SSSR count). The molecule has 0 saturated carbocycles. The minimum atomic E-state index is -0.213. The Morgan fingerprint density at radius 1 is 1.05 bits per heavy atom. The Morgan fingerprint density at radius 2 is 1.68 bits per heavy atom. The maximum absolute atomic E-state index is 12.8. The van der Waals surface area contributed by atoms with Gasteiger partial charge in [0.1, 0.15) is 5.82 Å². The van der Waals surface area contributed by atoms with Crippen LogP contribution in [0.2, 0.25) is 5.02 Å². The molecule has 1 nitrogen and oxygen atoms in total. The van der Waals surface area contributed by atoms with Crippen LogP contribution in [-0.4, -0.2) is 11.8 Å². The summed E-state index contributed by atoms with van der Waals surface area (Å²) in [4.78, 5) is 1.04. The van der Waals surface area contributed by atoms with Gasteiger partial charge in [-0.2, -0.15) is 0 Å². The highest BCUT2D eigenvalue weighted by Gasteiger charge is 2.05. The van der Waals surface area contributed by atoms with Gasteiger partial charge in [-0.15, -0.1) is 11.8 Å². The first-order valence-electron chi connectivity index (χ1n) is 6.02. The van der Waals surface area contributed by atoms with Gasteiger partial charge in [-0.1, -0.05) is 23.7 Å². The summed E-state index contributed by atoms with van der Waals surface area (Å²) in [5.41, 5.74) is 7.27. The van der Waals surface area contributed by atoms with Crippen molar-refractivity contribution in [3.63, 3.8) is 0 Å². The highest BCUT2D eigenvalue weighted by atomic mass is 35.5. The molecular formula is C15H15ClFNS. The zero-order valence-corrected chi connectivity index (χ0v) is 11.9. The zero-order chi connectivity index (χ0) is 13.7. The van der Waals surface area contributed by atoms with Crippen molar-refractivity contribution in [2.45, 2.75) is 17.4 Å². The van der Waals surface area contributed by atoms with Crippen LogP contribution in [0.25, 0.3) is 0 Å². The van der Waals surface area contributed by atoms with Crippen molar-refractivity contribution in [1.82, 2.24) is 0 Å². The molecule has 1 unspecified atom stereocenters. The highest BCUT2D eigenvalue weighted by Crippen LogP contribution is 2.20. The van der Waals surface area contributed by atoms with Crippen LogP contribution in [0.5, 0.6) is 0 Å². The maximum atomic E-state index is 12.8. The number of rotatable bonds is 5. The van der Waals surface area contributed by atoms with Crippen molar-refractivity contribution < 1.29 is 4.39 Å². The molecule has 0 spiro atoms. The number of benzene rings is 2. The van der Waals surface area contributed by atoms with Crippen molar-refractivity contribution >= 4 is 23.4 Å². The Kier molecular flexibility index (Phi) is 5.25. The van der Waals surface area contributed by atoms with E-state index in [1.807, 2.05) is 24.3 Å². The predicted molar refractivity (Wildman–Crippen MR) is 80.3 cm³/mol. The monoisotopic (exact) mass is 295 g/mol. The van der Waals surface area contributed by atoms with Crippen LogP contribution in [0.1, 0.15) is 5.56 Å². The fourth-order valence-electron chi connectivity index (χ4n) is 1.72. The summed E-state index contributed by atoms with van der Waals surface area (Å²) < 4.78 is 12.8. The van der Waals surface area contributed by atoms with Gasteiger partial charge in [-0.3, -0.25) is 0 Å². The highest BCUT2D eigenvalue weighted by molar-refractivity contribution is 7.99. The fourth-order valence-corrected chi connectivity index (χ4v) is 2.70. The fraction of sp³-hybridized carbons (Fsp3) is 0.200. The average molecular weight is 296 g/mol. The Morgan fingerprint density at radius 3 is 2.32 bits per heavy atom. The van der Waals surface area contributed by atoms with Crippen LogP contribution in [0, 0.1) is 5.82 Å². The molecule has 2 N–H and O–H groups in total. The minimum absolute atomic E-state index is 0.0660. The quantitative estimate of drug-likeness (QED) is 0.839. The van der Waals surface area contributed by atoms with Crippen LogP contribution in [-0.2, 0) is 6.42 Å². The first kappa shape index (κ1) is 14.4. The molecule has 1 atom stereocenters. The minimum Gasteiger partial charge on any atom is -0.327 e. The summed E-state index contributed by atoms with van der Waals surface area (Å²) in [7, 11) is 0. The molecular weight excluding hydrogens is 281 g/mol. The van der Waals surface area contributed by atoms with Crippen molar-refractivity contribution in [3.05, 3.63) is 64.9 Å². The van der Waals surface area contributed by atoms with Gasteiger partial charge < -0.3 is 5.73 Å². The lowest BCUT2D eigenvalue weighted by Crippen LogP contribution is -2.25. The first-order valence-corrected chi connectivity index (χ1v) is 7.38. The van der Waals surface area contributed by atoms with E-state index in [4.69, 9.17) is 17.3 Å². The van der Waals surface area contributed by atoms with E-state index in [9.17, 15) is 4.39 Å². The molecule has 0 saturated heterocycles. The Labute approximate surface area is 122 Å². The number of thioether (sulfide) groups is 1. The van der Waals surface area contributed by atoms with Gasteiger partial charge in [0.25, 0.3) is 0 Å². The molecule has 0 amide bonds. The Hall–Kier alpha value is -1.03. The predicted octanol–water partition coefficient (Wildman–Crippen LogP) is 4.14. The van der Waals surface area contributed by atoms with Crippen LogP contribution >= 0.6 is 23.4 Å². The zero-order valence-electron chi connectivity index (χ0n) is 10.4. The summed E-state index contributed by atoms with van der Waals surface area (Å²) in [6.07, 6.45) is 0.811. The second-order valence-corrected chi connectivity index (χ2v) is 5.89. The molecule has 2 aromatic carbocycles. The molecule has 100 valence electrons. The summed E-state index contributed by atoms with van der Waals surface area (Å²) in [6, 6.07) is 14.3. The molecule has 0 radical (unpaired) electrons. The standard InChI is InChI=1S/C15H15ClFNS/c16-12-3-1-11(2-4-12)9-14(18)10-19-15-7-5-13(17)6-8-15/h1-8,14H,9-10,18H2. The van der Waals surface area contributed by atoms with Crippen LogP contribution in [0.15, 0.2) is 53.4 Å². The van der Waals surface area contributed by atoms with Crippen molar-refractivity contribution in [1.29, 1.82) is 0 Å². The Bertz CT molecular complexity index is 513. The van der Waals surface area contributed by atoms with Gasteiger partial charge >= 0.3 is 0 Å². The molecule has 0 bridgehead atoms. The van der Waals surface area contributed by atoms with E-state index in [1.165, 1.54) is 17.7 Å². The van der Waals surface area contributed by atoms with Gasteiger partial charge in [-0.25, -0.2) is 4.39 Å². The van der Waals surface area contributed by atoms with E-state index in [-0.39, 0.29) is 11.9 Å². The third-order valence-corrected chi connectivity index (χ3v) is 4.14. The molecule has 0 aliphatic heterocycles. The third kappa shape index (κ3) is 4.86. The molecule has 0 aliphatic carbocycles. The maximum Gasteiger partial charge on any atom is 0.123 e. The van der Waals surface area contributed by atoms with Gasteiger partial charge in [0.2, 0.25) is 0 Å². The average Bonchev–Trinajstić information content (AvgIpc) is 2.41. The molecule has 0 aliphatic rings. The number of hydrogen-bond acceptors (Lipinski definition) is 2. The number of hydrogen-bond donors (Lipinski definition) is 1. The van der Waals surface area contributed by atoms with E-state index >= 15 is 0 Å². The third-order valence-electron chi connectivity index (χ3n) is 2.69. The lowest BCUT2D eigenvalue weighted by Gasteiger charge is -2.11. The summed E-state index contributed by atoms with van der Waals surface area (Å²) in [5.74, 6) is 0.587. The van der Waals surface area contributed by atoms with E-state index in [0.29, 0.717) is 0 Å². The molecule has 0 heterocycles. The van der Waals surface area contributed by atoms with Crippen molar-refractivity contribution in [3.8, 4) is 0 Å². The second kappa shape index (κ2) is 6.94. The van der Waals surface area contributed by atoms with Gasteiger partial charge in [0.15, 0.2) is 0 Å². The summed E-state index contributed by atoms with van der Waals surface area (Å²) in [5, 5.41) is 0.734. The summed E-state index contributed by atoms with van der Waals surface area (Å²) in [6.45, 7) is 0. The first-order chi connectivity index (χ1) is 9.13. The lowest BCUT2D eigenvalue weighted by atomic mass is 10.1. The van der Waals surface area contributed by atoms with Crippen LogP contribution in [0.3, 0.4) is 0 Å². The number of halogens is 2. The molecule has 2 aromatic rings. The molecule has 0 fully saturated rings. The largest absolute Gasteiger partial charge is 0.327 e. The van der Waals surface area contributed by atoms with Crippen LogP contribution < -0.4 is 5.73 Å². The van der Waals surface area contributed by atoms with Crippen molar-refractivity contribution in [2.24, 2.45) is 5.73 Å². The summed E-state index contributed by atoms with van der Waals surface area (Å²) >= 11 is 7.48. The van der Waals surface area contributed by atoms with Gasteiger partial charge in [0.05, 0.1) is 0 Å². The Balaban J connectivity index is 1.82. The van der Waals surface area contributed by atoms with Gasteiger partial charge in [0, 0.05) is 21.7 Å². The lowest BCUT2D eigenvalue weighted by molar-refractivity contribution is 0.626. The van der Waals surface area contributed by atoms with Crippen molar-refractivity contribution in [2.75, 3.05) is 5.75 Å². The molecule has 4 heteroatoms. The van der Waals surface area contributed by atoms with E-state index in [0.717, 1.165) is 22.1 Å². The number of nitrogens with two attached hydrogens (primary N) is 1. The normalized spacial score (nSPS) is 12.4. The van der Waals surface area contributed by atoms with E-state index in [2.05, 4.69) is 0 Å². The SMILES string of the molecule is NC(CSc1ccc(F)cc1)Cc1ccc(Cl)cc1.